The van der Waals surface area contributed by atoms with E-state index in [9.17, 15) is 4.79 Å². The molecule has 2 aromatic rings. The lowest BCUT2D eigenvalue weighted by Crippen LogP contribution is -2.46. The quantitative estimate of drug-likeness (QED) is 0.903. The van der Waals surface area contributed by atoms with Gasteiger partial charge in [0.1, 0.15) is 5.76 Å². The summed E-state index contributed by atoms with van der Waals surface area (Å²) in [5, 5.41) is 2.93. The molecule has 0 bridgehead atoms. The monoisotopic (exact) mass is 329 g/mol. The molecule has 1 aliphatic heterocycles. The van der Waals surface area contributed by atoms with Crippen molar-refractivity contribution in [2.24, 2.45) is 0 Å². The molecule has 0 unspecified atom stereocenters. The molecule has 1 N–H and O–H groups in total. The normalized spacial score (nSPS) is 18.5. The fourth-order valence-corrected chi connectivity index (χ4v) is 2.73. The third-order valence-electron chi connectivity index (χ3n) is 4.11. The zero-order valence-corrected chi connectivity index (χ0v) is 14.1. The van der Waals surface area contributed by atoms with E-state index >= 15 is 0 Å². The summed E-state index contributed by atoms with van der Waals surface area (Å²) < 4.78 is 11.3. The first-order chi connectivity index (χ1) is 11.6. The van der Waals surface area contributed by atoms with Crippen LogP contribution in [0.5, 0.6) is 0 Å². The van der Waals surface area contributed by atoms with Gasteiger partial charge in [-0.15, -0.1) is 0 Å². The fraction of sp³-hybridized carbons (Fsp3) is 0.444. The zero-order chi connectivity index (χ0) is 16.9. The molecule has 2 heterocycles. The Labute approximate surface area is 141 Å². The van der Waals surface area contributed by atoms with E-state index in [4.69, 9.17) is 9.15 Å². The van der Waals surface area contributed by atoms with Gasteiger partial charge in [-0.2, -0.15) is 0 Å². The molecule has 1 aliphatic rings. The van der Waals surface area contributed by atoms with Crippen LogP contribution in [0.1, 0.15) is 11.5 Å². The molecule has 1 amide bonds. The number of carbonyl (C=O) groups excluding carboxylic acids is 1. The van der Waals surface area contributed by atoms with Crippen molar-refractivity contribution in [2.75, 3.05) is 33.3 Å². The Hall–Kier alpha value is -2.18. The minimum Gasteiger partial charge on any atom is -0.441 e. The number of carbonyl (C=O) groups is 1. The number of hydrogen-bond acceptors (Lipinski definition) is 5. The molecule has 1 aromatic carbocycles. The summed E-state index contributed by atoms with van der Waals surface area (Å²) in [5.74, 6) is 1.16. The van der Waals surface area contributed by atoms with Gasteiger partial charge in [0, 0.05) is 25.2 Å². The topological polar surface area (TPSA) is 67.6 Å². The summed E-state index contributed by atoms with van der Waals surface area (Å²) in [6, 6.07) is 9.68. The number of benzene rings is 1. The summed E-state index contributed by atoms with van der Waals surface area (Å²) in [5.41, 5.74) is 1.58. The summed E-state index contributed by atoms with van der Waals surface area (Å²) in [7, 11) is 2.06. The largest absolute Gasteiger partial charge is 0.441 e. The summed E-state index contributed by atoms with van der Waals surface area (Å²) >= 11 is 0. The van der Waals surface area contributed by atoms with Gasteiger partial charge in [-0.1, -0.05) is 18.2 Å². The summed E-state index contributed by atoms with van der Waals surface area (Å²) in [6.07, 6.45) is 0.260. The Morgan fingerprint density at radius 1 is 1.38 bits per heavy atom. The van der Waals surface area contributed by atoms with Crippen LogP contribution >= 0.6 is 0 Å². The Morgan fingerprint density at radius 2 is 2.17 bits per heavy atom. The molecular weight excluding hydrogens is 306 g/mol. The Bertz CT molecular complexity index is 684. The molecular formula is C18H23N3O3. The standard InChI is InChI=1S/C18H23N3O3/c1-13-16(20-18(24-13)14-6-4-3-5-7-14)10-17(22)19-11-15-12-21(2)8-9-23-15/h3-7,15H,8-12H2,1-2H3,(H,19,22)/t15-/m0/s1. The highest BCUT2D eigenvalue weighted by Gasteiger charge is 2.19. The van der Waals surface area contributed by atoms with Crippen LogP contribution in [0.15, 0.2) is 34.7 Å². The van der Waals surface area contributed by atoms with Gasteiger partial charge >= 0.3 is 0 Å². The molecule has 0 spiro atoms. The number of ether oxygens (including phenoxy) is 1. The first kappa shape index (κ1) is 16.7. The number of rotatable bonds is 5. The van der Waals surface area contributed by atoms with E-state index < -0.39 is 0 Å². The van der Waals surface area contributed by atoms with Gasteiger partial charge in [-0.25, -0.2) is 4.98 Å². The van der Waals surface area contributed by atoms with E-state index in [0.29, 0.717) is 30.5 Å². The number of oxazole rings is 1. The SMILES string of the molecule is Cc1oc(-c2ccccc2)nc1CC(=O)NC[C@H]1CN(C)CCO1. The van der Waals surface area contributed by atoms with Crippen molar-refractivity contribution < 1.29 is 13.9 Å². The minimum atomic E-state index is -0.0668. The predicted molar refractivity (Wildman–Crippen MR) is 90.6 cm³/mol. The molecule has 0 aliphatic carbocycles. The van der Waals surface area contributed by atoms with Crippen LogP contribution in [-0.2, 0) is 16.0 Å². The Kier molecular flexibility index (Phi) is 5.27. The lowest BCUT2D eigenvalue weighted by Gasteiger charge is -2.30. The molecule has 1 aromatic heterocycles. The van der Waals surface area contributed by atoms with Crippen LogP contribution in [0.3, 0.4) is 0 Å². The summed E-state index contributed by atoms with van der Waals surface area (Å²) in [6.45, 7) is 4.83. The number of aryl methyl sites for hydroxylation is 1. The fourth-order valence-electron chi connectivity index (χ4n) is 2.73. The number of morpholine rings is 1. The molecule has 0 saturated carbocycles. The van der Waals surface area contributed by atoms with Gasteiger partial charge in [0.05, 0.1) is 24.8 Å². The third-order valence-corrected chi connectivity index (χ3v) is 4.11. The molecule has 1 fully saturated rings. The first-order valence-electron chi connectivity index (χ1n) is 8.20. The molecule has 3 rings (SSSR count). The van der Waals surface area contributed by atoms with Crippen LogP contribution in [0.2, 0.25) is 0 Å². The van der Waals surface area contributed by atoms with E-state index in [-0.39, 0.29) is 18.4 Å². The first-order valence-corrected chi connectivity index (χ1v) is 8.20. The van der Waals surface area contributed by atoms with Crippen molar-refractivity contribution in [3.05, 3.63) is 41.8 Å². The molecule has 1 saturated heterocycles. The van der Waals surface area contributed by atoms with Crippen molar-refractivity contribution in [2.45, 2.75) is 19.4 Å². The average Bonchev–Trinajstić information content (AvgIpc) is 2.95. The van der Waals surface area contributed by atoms with E-state index in [2.05, 4.69) is 22.2 Å². The smallest absolute Gasteiger partial charge is 0.226 e. The number of nitrogens with one attached hydrogen (secondary N) is 1. The molecule has 6 heteroatoms. The lowest BCUT2D eigenvalue weighted by atomic mass is 10.2. The van der Waals surface area contributed by atoms with Crippen molar-refractivity contribution in [1.82, 2.24) is 15.2 Å². The number of hydrogen-bond donors (Lipinski definition) is 1. The highest BCUT2D eigenvalue weighted by Crippen LogP contribution is 2.21. The number of likely N-dealkylation sites (N-methyl/N-ethyl adjacent to an activating group) is 1. The lowest BCUT2D eigenvalue weighted by molar-refractivity contribution is -0.121. The molecule has 24 heavy (non-hydrogen) atoms. The van der Waals surface area contributed by atoms with Crippen molar-refractivity contribution in [3.8, 4) is 11.5 Å². The number of aromatic nitrogens is 1. The van der Waals surface area contributed by atoms with Gasteiger partial charge < -0.3 is 19.4 Å². The van der Waals surface area contributed by atoms with Crippen molar-refractivity contribution in [3.63, 3.8) is 0 Å². The van der Waals surface area contributed by atoms with E-state index in [1.807, 2.05) is 37.3 Å². The van der Waals surface area contributed by atoms with E-state index in [0.717, 1.165) is 18.7 Å². The number of nitrogens with zero attached hydrogens (tertiary/aromatic N) is 2. The van der Waals surface area contributed by atoms with Gasteiger partial charge in [0.25, 0.3) is 0 Å². The molecule has 128 valence electrons. The van der Waals surface area contributed by atoms with Gasteiger partial charge in [-0.3, -0.25) is 4.79 Å². The Morgan fingerprint density at radius 3 is 2.92 bits per heavy atom. The third kappa shape index (κ3) is 4.21. The maximum absolute atomic E-state index is 12.2. The van der Waals surface area contributed by atoms with Gasteiger partial charge in [-0.05, 0) is 26.1 Å². The maximum atomic E-state index is 12.2. The summed E-state index contributed by atoms with van der Waals surface area (Å²) in [4.78, 5) is 18.8. The van der Waals surface area contributed by atoms with Crippen LogP contribution < -0.4 is 5.32 Å². The van der Waals surface area contributed by atoms with Crippen LogP contribution in [-0.4, -0.2) is 55.2 Å². The van der Waals surface area contributed by atoms with Crippen LogP contribution in [0.25, 0.3) is 11.5 Å². The van der Waals surface area contributed by atoms with E-state index in [1.165, 1.54) is 0 Å². The van der Waals surface area contributed by atoms with Crippen LogP contribution in [0.4, 0.5) is 0 Å². The van der Waals surface area contributed by atoms with Crippen molar-refractivity contribution in [1.29, 1.82) is 0 Å². The zero-order valence-electron chi connectivity index (χ0n) is 14.1. The second-order valence-corrected chi connectivity index (χ2v) is 6.12. The molecule has 1 atom stereocenters. The molecule has 6 nitrogen and oxygen atoms in total. The van der Waals surface area contributed by atoms with E-state index in [1.54, 1.807) is 0 Å². The maximum Gasteiger partial charge on any atom is 0.226 e. The number of amides is 1. The minimum absolute atomic E-state index is 0.0472. The predicted octanol–water partition coefficient (Wildman–Crippen LogP) is 1.64. The van der Waals surface area contributed by atoms with Gasteiger partial charge in [0.15, 0.2) is 0 Å². The highest BCUT2D eigenvalue weighted by atomic mass is 16.5. The van der Waals surface area contributed by atoms with Crippen molar-refractivity contribution >= 4 is 5.91 Å². The second-order valence-electron chi connectivity index (χ2n) is 6.12. The average molecular weight is 329 g/mol. The van der Waals surface area contributed by atoms with Crippen LogP contribution in [0, 0.1) is 6.92 Å². The molecule has 0 radical (unpaired) electrons. The second kappa shape index (κ2) is 7.59. The highest BCUT2D eigenvalue weighted by molar-refractivity contribution is 5.78. The Balaban J connectivity index is 1.56. The van der Waals surface area contributed by atoms with Gasteiger partial charge in [0.2, 0.25) is 11.8 Å².